The van der Waals surface area contributed by atoms with Crippen LogP contribution in [0.15, 0.2) is 48.8 Å². The number of carbonyl (C=O) groups excluding carboxylic acids is 2. The number of hydrogen-bond acceptors (Lipinski definition) is 5. The second-order valence-corrected chi connectivity index (χ2v) is 5.27. The van der Waals surface area contributed by atoms with Crippen LogP contribution in [-0.2, 0) is 9.53 Å². The van der Waals surface area contributed by atoms with Crippen molar-refractivity contribution in [2.45, 2.75) is 18.8 Å². The number of pyridine rings is 1. The van der Waals surface area contributed by atoms with Crippen LogP contribution < -0.4 is 10.6 Å². The summed E-state index contributed by atoms with van der Waals surface area (Å²) in [6, 6.07) is 6.95. The number of carbonyl (C=O) groups is 2. The number of anilines is 1. The summed E-state index contributed by atoms with van der Waals surface area (Å²) in [5.74, 6) is -4.14. The van der Waals surface area contributed by atoms with Crippen LogP contribution >= 0.6 is 0 Å². The lowest BCUT2D eigenvalue weighted by molar-refractivity contribution is -0.204. The van der Waals surface area contributed by atoms with Gasteiger partial charge < -0.3 is 15.4 Å². The molecular weight excluding hydrogens is 370 g/mol. The van der Waals surface area contributed by atoms with E-state index < -0.39 is 41.8 Å². The van der Waals surface area contributed by atoms with Crippen molar-refractivity contribution >= 4 is 17.6 Å². The van der Waals surface area contributed by atoms with Gasteiger partial charge in [0.1, 0.15) is 5.82 Å². The molecule has 1 amide bonds. The largest absolute Gasteiger partial charge is 0.463 e. The number of nitrogens with one attached hydrogen (secondary N) is 2. The molecule has 1 heterocycles. The van der Waals surface area contributed by atoms with Crippen LogP contribution in [0.2, 0.25) is 0 Å². The van der Waals surface area contributed by atoms with Gasteiger partial charge in [-0.3, -0.25) is 9.78 Å². The lowest BCUT2D eigenvalue weighted by atomic mass is 10.1. The van der Waals surface area contributed by atoms with Gasteiger partial charge in [0.2, 0.25) is 0 Å². The Morgan fingerprint density at radius 3 is 2.41 bits per heavy atom. The molecule has 0 aliphatic carbocycles. The lowest BCUT2D eigenvalue weighted by Crippen LogP contribution is -2.69. The summed E-state index contributed by atoms with van der Waals surface area (Å²) in [4.78, 5) is 28.2. The van der Waals surface area contributed by atoms with Crippen molar-refractivity contribution in [1.29, 1.82) is 0 Å². The highest BCUT2D eigenvalue weighted by atomic mass is 19.4. The van der Waals surface area contributed by atoms with Crippen LogP contribution in [0.5, 0.6) is 0 Å². The number of rotatable bonds is 6. The zero-order valence-corrected chi connectivity index (χ0v) is 14.0. The van der Waals surface area contributed by atoms with Gasteiger partial charge in [-0.25, -0.2) is 9.18 Å². The molecule has 0 saturated heterocycles. The summed E-state index contributed by atoms with van der Waals surface area (Å²) >= 11 is 0. The van der Waals surface area contributed by atoms with Crippen molar-refractivity contribution in [3.05, 3.63) is 60.2 Å². The standard InChI is InChI=1S/C17H15F4N3O3/c1-2-27-15(26)16(17(19,20)21,23-13-8-4-3-7-12(13)18)24-14(25)11-6-5-9-22-10-11/h3-10,23H,2H2,1H3,(H,24,25)/t16-/m0/s1. The number of halogens is 4. The Balaban J connectivity index is 2.52. The Morgan fingerprint density at radius 2 is 1.85 bits per heavy atom. The number of ether oxygens (including phenoxy) is 1. The van der Waals surface area contributed by atoms with Gasteiger partial charge >= 0.3 is 17.8 Å². The minimum Gasteiger partial charge on any atom is -0.463 e. The number of nitrogens with zero attached hydrogens (tertiary/aromatic N) is 1. The first-order valence-corrected chi connectivity index (χ1v) is 7.70. The molecule has 2 N–H and O–H groups in total. The van der Waals surface area contributed by atoms with Gasteiger partial charge in [0.25, 0.3) is 5.91 Å². The van der Waals surface area contributed by atoms with E-state index in [1.165, 1.54) is 37.4 Å². The van der Waals surface area contributed by atoms with E-state index in [1.54, 1.807) is 10.6 Å². The Kier molecular flexibility index (Phi) is 5.98. The Bertz CT molecular complexity index is 815. The molecule has 0 unspecified atom stereocenters. The first-order chi connectivity index (χ1) is 12.7. The molecule has 0 fully saturated rings. The van der Waals surface area contributed by atoms with Crippen LogP contribution in [0.1, 0.15) is 17.3 Å². The fraction of sp³-hybridized carbons (Fsp3) is 0.235. The van der Waals surface area contributed by atoms with Gasteiger partial charge in [-0.05, 0) is 31.2 Å². The quantitative estimate of drug-likeness (QED) is 0.454. The van der Waals surface area contributed by atoms with E-state index in [0.717, 1.165) is 18.3 Å². The van der Waals surface area contributed by atoms with Gasteiger partial charge in [-0.15, -0.1) is 0 Å². The van der Waals surface area contributed by atoms with Crippen molar-refractivity contribution < 1.29 is 31.9 Å². The fourth-order valence-corrected chi connectivity index (χ4v) is 2.13. The highest BCUT2D eigenvalue weighted by molar-refractivity contribution is 5.99. The smallest absolute Gasteiger partial charge is 0.441 e. The van der Waals surface area contributed by atoms with Crippen molar-refractivity contribution in [1.82, 2.24) is 10.3 Å². The van der Waals surface area contributed by atoms with E-state index in [9.17, 15) is 27.2 Å². The van der Waals surface area contributed by atoms with Gasteiger partial charge in [0, 0.05) is 12.4 Å². The third-order valence-electron chi connectivity index (χ3n) is 3.43. The summed E-state index contributed by atoms with van der Waals surface area (Å²) < 4.78 is 60.2. The number of amides is 1. The predicted molar refractivity (Wildman–Crippen MR) is 87.1 cm³/mol. The molecule has 1 atom stereocenters. The monoisotopic (exact) mass is 385 g/mol. The molecule has 144 valence electrons. The zero-order valence-electron chi connectivity index (χ0n) is 14.0. The minimum atomic E-state index is -5.36. The number of aromatic nitrogens is 1. The molecule has 2 rings (SSSR count). The Morgan fingerprint density at radius 1 is 1.15 bits per heavy atom. The normalized spacial score (nSPS) is 13.4. The number of benzene rings is 1. The molecule has 2 aromatic rings. The van der Waals surface area contributed by atoms with Gasteiger partial charge in [0.15, 0.2) is 0 Å². The second kappa shape index (κ2) is 8.02. The molecule has 0 spiro atoms. The summed E-state index contributed by atoms with van der Waals surface area (Å²) in [7, 11) is 0. The van der Waals surface area contributed by atoms with E-state index in [1.807, 2.05) is 0 Å². The summed E-state index contributed by atoms with van der Waals surface area (Å²) in [6.45, 7) is 0.906. The molecule has 1 aromatic heterocycles. The van der Waals surface area contributed by atoms with Gasteiger partial charge in [0.05, 0.1) is 17.9 Å². The summed E-state index contributed by atoms with van der Waals surface area (Å²) in [5, 5.41) is 3.35. The topological polar surface area (TPSA) is 80.3 Å². The molecule has 0 saturated carbocycles. The maximum absolute atomic E-state index is 13.9. The number of hydrogen-bond donors (Lipinski definition) is 2. The average molecular weight is 385 g/mol. The molecular formula is C17H15F4N3O3. The van der Waals surface area contributed by atoms with E-state index in [-0.39, 0.29) is 5.56 Å². The van der Waals surface area contributed by atoms with Crippen molar-refractivity contribution in [2.75, 3.05) is 11.9 Å². The van der Waals surface area contributed by atoms with E-state index in [0.29, 0.717) is 0 Å². The first-order valence-electron chi connectivity index (χ1n) is 7.70. The molecule has 0 aliphatic rings. The fourth-order valence-electron chi connectivity index (χ4n) is 2.13. The average Bonchev–Trinajstić information content (AvgIpc) is 2.62. The third-order valence-corrected chi connectivity index (χ3v) is 3.43. The molecule has 0 radical (unpaired) electrons. The Labute approximate surface area is 151 Å². The molecule has 27 heavy (non-hydrogen) atoms. The first kappa shape index (κ1) is 20.1. The number of alkyl halides is 3. The van der Waals surface area contributed by atoms with Crippen LogP contribution in [0.4, 0.5) is 23.2 Å². The Hall–Kier alpha value is -3.17. The van der Waals surface area contributed by atoms with Gasteiger partial charge in [-0.2, -0.15) is 13.2 Å². The van der Waals surface area contributed by atoms with Crippen molar-refractivity contribution in [3.8, 4) is 0 Å². The maximum atomic E-state index is 13.9. The highest BCUT2D eigenvalue weighted by Crippen LogP contribution is 2.34. The van der Waals surface area contributed by atoms with Crippen LogP contribution in [0, 0.1) is 5.82 Å². The highest BCUT2D eigenvalue weighted by Gasteiger charge is 2.64. The van der Waals surface area contributed by atoms with Crippen molar-refractivity contribution in [2.24, 2.45) is 0 Å². The van der Waals surface area contributed by atoms with Gasteiger partial charge in [-0.1, -0.05) is 12.1 Å². The molecule has 0 bridgehead atoms. The molecule has 1 aromatic carbocycles. The van der Waals surface area contributed by atoms with E-state index in [2.05, 4.69) is 9.72 Å². The summed E-state index contributed by atoms with van der Waals surface area (Å²) in [6.07, 6.45) is -3.03. The SMILES string of the molecule is CCOC(=O)[C@@](NC(=O)c1cccnc1)(Nc1ccccc1F)C(F)(F)F. The lowest BCUT2D eigenvalue weighted by Gasteiger charge is -2.35. The predicted octanol–water partition coefficient (Wildman–Crippen LogP) is 2.88. The number of esters is 1. The number of para-hydroxylation sites is 1. The van der Waals surface area contributed by atoms with Crippen molar-refractivity contribution in [3.63, 3.8) is 0 Å². The molecule has 10 heteroatoms. The van der Waals surface area contributed by atoms with E-state index in [4.69, 9.17) is 0 Å². The second-order valence-electron chi connectivity index (χ2n) is 5.27. The van der Waals surface area contributed by atoms with Crippen LogP contribution in [-0.4, -0.2) is 35.3 Å². The van der Waals surface area contributed by atoms with Crippen LogP contribution in [0.25, 0.3) is 0 Å². The molecule has 0 aliphatic heterocycles. The van der Waals surface area contributed by atoms with Crippen LogP contribution in [0.3, 0.4) is 0 Å². The third kappa shape index (κ3) is 4.33. The van der Waals surface area contributed by atoms with E-state index >= 15 is 0 Å². The minimum absolute atomic E-state index is 0.231. The molecule has 6 nitrogen and oxygen atoms in total. The maximum Gasteiger partial charge on any atom is 0.441 e. The summed E-state index contributed by atoms with van der Waals surface area (Å²) in [5.41, 5.74) is -4.59. The zero-order chi connectivity index (χ0) is 20.1.